The number of hydrogen-bond acceptors (Lipinski definition) is 7. The van der Waals surface area contributed by atoms with Gasteiger partial charge in [0, 0.05) is 0 Å². The van der Waals surface area contributed by atoms with Crippen molar-refractivity contribution >= 4 is 27.0 Å². The van der Waals surface area contributed by atoms with E-state index in [1.807, 2.05) is 0 Å². The number of halogens is 3. The zero-order valence-electron chi connectivity index (χ0n) is 14.5. The molecule has 2 heterocycles. The van der Waals surface area contributed by atoms with Gasteiger partial charge in [-0.2, -0.15) is 8.78 Å². The van der Waals surface area contributed by atoms with E-state index in [1.54, 1.807) is 6.92 Å². The first kappa shape index (κ1) is 20.3. The molecule has 0 aliphatic rings. The molecule has 0 saturated carbocycles. The summed E-state index contributed by atoms with van der Waals surface area (Å²) < 4.78 is 69.7. The Bertz CT molecular complexity index is 1040. The molecule has 0 N–H and O–H groups in total. The standard InChI is InChI=1S/C16H15F3N4O3S2/c1-2-7-28(24,25)23(11-5-3-10(17)4-6-11)9-13-20-8-12(27-13)15-21-22-16(26-15)14(18)19/h3-6,8,14H,2,7,9H2,1H3. The third-order valence-corrected chi connectivity index (χ3v) is 6.49. The molecule has 3 rings (SSSR count). The fraction of sp³-hybridized carbons (Fsp3) is 0.312. The third kappa shape index (κ3) is 4.50. The summed E-state index contributed by atoms with van der Waals surface area (Å²) in [6.07, 6.45) is -1.14. The average Bonchev–Trinajstić information content (AvgIpc) is 3.30. The molecular weight excluding hydrogens is 417 g/mol. The minimum atomic E-state index is -3.67. The van der Waals surface area contributed by atoms with E-state index >= 15 is 0 Å². The number of nitrogens with zero attached hydrogens (tertiary/aromatic N) is 4. The highest BCUT2D eigenvalue weighted by atomic mass is 32.2. The van der Waals surface area contributed by atoms with Gasteiger partial charge in [-0.1, -0.05) is 6.92 Å². The van der Waals surface area contributed by atoms with Crippen LogP contribution in [0.4, 0.5) is 18.9 Å². The predicted octanol–water partition coefficient (Wildman–Crippen LogP) is 4.02. The molecule has 0 fully saturated rings. The van der Waals surface area contributed by atoms with Crippen LogP contribution in [0, 0.1) is 5.82 Å². The van der Waals surface area contributed by atoms with Crippen LogP contribution >= 0.6 is 11.3 Å². The Hall–Kier alpha value is -2.47. The van der Waals surface area contributed by atoms with Gasteiger partial charge >= 0.3 is 6.43 Å². The maximum atomic E-state index is 13.2. The highest BCUT2D eigenvalue weighted by molar-refractivity contribution is 7.92. The van der Waals surface area contributed by atoms with E-state index < -0.39 is 28.2 Å². The van der Waals surface area contributed by atoms with Crippen LogP contribution in [0.1, 0.15) is 30.7 Å². The van der Waals surface area contributed by atoms with Gasteiger partial charge in [-0.3, -0.25) is 4.31 Å². The minimum Gasteiger partial charge on any atom is -0.414 e. The molecule has 0 atom stereocenters. The molecule has 0 bridgehead atoms. The summed E-state index contributed by atoms with van der Waals surface area (Å²) >= 11 is 1.04. The van der Waals surface area contributed by atoms with E-state index in [0.29, 0.717) is 22.0 Å². The summed E-state index contributed by atoms with van der Waals surface area (Å²) in [6.45, 7) is 1.63. The smallest absolute Gasteiger partial charge is 0.314 e. The van der Waals surface area contributed by atoms with Crippen molar-refractivity contribution in [2.45, 2.75) is 26.3 Å². The molecule has 1 aromatic carbocycles. The molecule has 0 saturated heterocycles. The van der Waals surface area contributed by atoms with Gasteiger partial charge in [0.15, 0.2) is 0 Å². The van der Waals surface area contributed by atoms with Crippen LogP contribution in [0.3, 0.4) is 0 Å². The Kier molecular flexibility index (Phi) is 5.98. The second-order valence-electron chi connectivity index (χ2n) is 5.66. The zero-order valence-corrected chi connectivity index (χ0v) is 16.2. The average molecular weight is 432 g/mol. The van der Waals surface area contributed by atoms with E-state index in [4.69, 9.17) is 4.42 Å². The highest BCUT2D eigenvalue weighted by Gasteiger charge is 2.24. The van der Waals surface area contributed by atoms with Gasteiger partial charge in [-0.05, 0) is 30.7 Å². The maximum Gasteiger partial charge on any atom is 0.314 e. The van der Waals surface area contributed by atoms with Gasteiger partial charge in [-0.15, -0.1) is 21.5 Å². The number of benzene rings is 1. The molecule has 3 aromatic rings. The molecule has 7 nitrogen and oxygen atoms in total. The van der Waals surface area contributed by atoms with Gasteiger partial charge < -0.3 is 4.42 Å². The molecule has 0 aliphatic carbocycles. The lowest BCUT2D eigenvalue weighted by Gasteiger charge is -2.23. The summed E-state index contributed by atoms with van der Waals surface area (Å²) in [7, 11) is -3.67. The van der Waals surface area contributed by atoms with Gasteiger partial charge in [0.1, 0.15) is 15.7 Å². The Morgan fingerprint density at radius 3 is 2.54 bits per heavy atom. The summed E-state index contributed by atoms with van der Waals surface area (Å²) in [5.41, 5.74) is 0.296. The Balaban J connectivity index is 1.88. The van der Waals surface area contributed by atoms with Crippen molar-refractivity contribution in [3.05, 3.63) is 47.2 Å². The van der Waals surface area contributed by atoms with Crippen molar-refractivity contribution in [3.63, 3.8) is 0 Å². The van der Waals surface area contributed by atoms with Crippen LogP contribution < -0.4 is 4.31 Å². The molecule has 150 valence electrons. The Morgan fingerprint density at radius 1 is 1.21 bits per heavy atom. The minimum absolute atomic E-state index is 0.0932. The van der Waals surface area contributed by atoms with Crippen LogP contribution in [-0.2, 0) is 16.6 Å². The number of aromatic nitrogens is 3. The van der Waals surface area contributed by atoms with Crippen molar-refractivity contribution in [3.8, 4) is 10.8 Å². The summed E-state index contributed by atoms with van der Waals surface area (Å²) in [4.78, 5) is 4.46. The fourth-order valence-corrected chi connectivity index (χ4v) is 4.76. The molecular formula is C16H15F3N4O3S2. The van der Waals surface area contributed by atoms with E-state index in [9.17, 15) is 21.6 Å². The Morgan fingerprint density at radius 2 is 1.93 bits per heavy atom. The predicted molar refractivity (Wildman–Crippen MR) is 97.0 cm³/mol. The van der Waals surface area contributed by atoms with Crippen molar-refractivity contribution < 1.29 is 26.0 Å². The van der Waals surface area contributed by atoms with Crippen LogP contribution in [0.5, 0.6) is 0 Å². The third-order valence-electron chi connectivity index (χ3n) is 3.58. The number of hydrogen-bond donors (Lipinski definition) is 0. The number of thiazole rings is 1. The monoisotopic (exact) mass is 432 g/mol. The van der Waals surface area contributed by atoms with Gasteiger partial charge in [-0.25, -0.2) is 17.8 Å². The first-order chi connectivity index (χ1) is 13.3. The first-order valence-electron chi connectivity index (χ1n) is 8.12. The summed E-state index contributed by atoms with van der Waals surface area (Å²) in [5, 5.41) is 7.18. The van der Waals surface area contributed by atoms with Crippen LogP contribution in [0.2, 0.25) is 0 Å². The zero-order chi connectivity index (χ0) is 20.3. The number of rotatable bonds is 8. The first-order valence-corrected chi connectivity index (χ1v) is 10.6. The van der Waals surface area contributed by atoms with Gasteiger partial charge in [0.05, 0.1) is 24.2 Å². The largest absolute Gasteiger partial charge is 0.414 e. The maximum absolute atomic E-state index is 13.2. The molecule has 0 unspecified atom stereocenters. The van der Waals surface area contributed by atoms with Gasteiger partial charge in [0.2, 0.25) is 10.0 Å². The van der Waals surface area contributed by atoms with E-state index in [1.165, 1.54) is 30.5 Å². The summed E-state index contributed by atoms with van der Waals surface area (Å²) in [5.74, 6) is -1.50. The fourth-order valence-electron chi connectivity index (χ4n) is 2.35. The number of sulfonamides is 1. The molecule has 0 amide bonds. The SMILES string of the molecule is CCCS(=O)(=O)N(Cc1ncc(-c2nnc(C(F)F)o2)s1)c1ccc(F)cc1. The van der Waals surface area contributed by atoms with Crippen molar-refractivity contribution in [1.29, 1.82) is 0 Å². The normalized spacial score (nSPS) is 11.9. The van der Waals surface area contributed by atoms with Gasteiger partial charge in [0.25, 0.3) is 11.8 Å². The molecule has 0 aliphatic heterocycles. The van der Waals surface area contributed by atoms with E-state index in [2.05, 4.69) is 15.2 Å². The van der Waals surface area contributed by atoms with Crippen LogP contribution in [-0.4, -0.2) is 29.4 Å². The summed E-state index contributed by atoms with van der Waals surface area (Å²) in [6, 6.07) is 5.07. The topological polar surface area (TPSA) is 89.2 Å². The molecule has 28 heavy (non-hydrogen) atoms. The molecule has 2 aromatic heterocycles. The van der Waals surface area contributed by atoms with Crippen LogP contribution in [0.25, 0.3) is 10.8 Å². The van der Waals surface area contributed by atoms with E-state index in [0.717, 1.165) is 15.6 Å². The Labute approximate surface area is 162 Å². The number of alkyl halides is 2. The lowest BCUT2D eigenvalue weighted by molar-refractivity contribution is 0.116. The van der Waals surface area contributed by atoms with Crippen LogP contribution in [0.15, 0.2) is 34.9 Å². The van der Waals surface area contributed by atoms with Crippen molar-refractivity contribution in [2.75, 3.05) is 10.1 Å². The van der Waals surface area contributed by atoms with E-state index in [-0.39, 0.29) is 18.2 Å². The molecule has 0 radical (unpaired) electrons. The lowest BCUT2D eigenvalue weighted by Crippen LogP contribution is -2.32. The van der Waals surface area contributed by atoms with Crippen molar-refractivity contribution in [1.82, 2.24) is 15.2 Å². The molecule has 0 spiro atoms. The number of anilines is 1. The highest BCUT2D eigenvalue weighted by Crippen LogP contribution is 2.30. The van der Waals surface area contributed by atoms with Crippen molar-refractivity contribution in [2.24, 2.45) is 0 Å². The quantitative estimate of drug-likeness (QED) is 0.534. The lowest BCUT2D eigenvalue weighted by atomic mass is 10.3. The molecule has 12 heteroatoms. The second kappa shape index (κ2) is 8.27. The second-order valence-corrected chi connectivity index (χ2v) is 8.79.